The summed E-state index contributed by atoms with van der Waals surface area (Å²) in [5, 5.41) is 23.4. The number of aromatic nitrogens is 6. The summed E-state index contributed by atoms with van der Waals surface area (Å²) in [6.45, 7) is 1.75. The van der Waals surface area contributed by atoms with Crippen molar-refractivity contribution in [3.63, 3.8) is 0 Å². The second kappa shape index (κ2) is 10.5. The van der Waals surface area contributed by atoms with Crippen LogP contribution in [0.3, 0.4) is 0 Å². The first-order valence-corrected chi connectivity index (χ1v) is 12.4. The van der Waals surface area contributed by atoms with Crippen LogP contribution in [0.2, 0.25) is 5.02 Å². The highest BCUT2D eigenvalue weighted by Gasteiger charge is 2.21. The van der Waals surface area contributed by atoms with Gasteiger partial charge >= 0.3 is 5.69 Å². The van der Waals surface area contributed by atoms with Crippen LogP contribution in [0, 0.1) is 29.6 Å². The maximum atomic E-state index is 13.9. The fraction of sp³-hybridized carbons (Fsp3) is 0.179. The van der Waals surface area contributed by atoms with E-state index in [1.54, 1.807) is 49.5 Å². The van der Waals surface area contributed by atoms with Gasteiger partial charge < -0.3 is 4.74 Å². The van der Waals surface area contributed by atoms with Gasteiger partial charge in [0.2, 0.25) is 5.88 Å². The number of benzene rings is 2. The number of nitriles is 2. The third-order valence-corrected chi connectivity index (χ3v) is 6.83. The molecule has 5 rings (SSSR count). The molecule has 0 fully saturated rings. The van der Waals surface area contributed by atoms with E-state index in [1.807, 2.05) is 6.92 Å². The molecule has 0 radical (unpaired) electrons. The highest BCUT2D eigenvalue weighted by Crippen LogP contribution is 2.36. The van der Waals surface area contributed by atoms with E-state index in [1.165, 1.54) is 22.7 Å². The zero-order chi connectivity index (χ0) is 28.6. The Morgan fingerprint density at radius 3 is 2.38 bits per heavy atom. The van der Waals surface area contributed by atoms with Gasteiger partial charge in [0.1, 0.15) is 6.33 Å². The molecular formula is C28H21ClN8O3. The lowest BCUT2D eigenvalue weighted by Crippen LogP contribution is -2.41. The maximum Gasteiger partial charge on any atom is 0.332 e. The van der Waals surface area contributed by atoms with Gasteiger partial charge in [-0.15, -0.1) is 0 Å². The van der Waals surface area contributed by atoms with Crippen LogP contribution in [0.1, 0.15) is 28.1 Å². The number of fused-ring (bicyclic) bond motifs is 1. The summed E-state index contributed by atoms with van der Waals surface area (Å²) in [6.07, 6.45) is 1.48. The number of ether oxygens (including phenoxy) is 1. The highest BCUT2D eigenvalue weighted by atomic mass is 35.5. The topological polar surface area (TPSA) is 144 Å². The number of nitrogens with zero attached hydrogens (tertiary/aromatic N) is 8. The summed E-state index contributed by atoms with van der Waals surface area (Å²) in [5.41, 5.74) is 2.18. The Hall–Kier alpha value is -5.26. The minimum absolute atomic E-state index is 0.0159. The van der Waals surface area contributed by atoms with E-state index in [0.29, 0.717) is 32.8 Å². The lowest BCUT2D eigenvalue weighted by Gasteiger charge is -2.17. The molecule has 3 heterocycles. The first-order valence-electron chi connectivity index (χ1n) is 12.0. The van der Waals surface area contributed by atoms with Crippen molar-refractivity contribution in [2.24, 2.45) is 7.05 Å². The van der Waals surface area contributed by atoms with E-state index >= 15 is 0 Å². The Kier molecular flexibility index (Phi) is 6.91. The molecule has 0 amide bonds. The van der Waals surface area contributed by atoms with E-state index in [9.17, 15) is 20.1 Å². The van der Waals surface area contributed by atoms with Gasteiger partial charge in [-0.2, -0.15) is 15.6 Å². The lowest BCUT2D eigenvalue weighted by atomic mass is 10.0. The van der Waals surface area contributed by atoms with Crippen LogP contribution in [-0.4, -0.2) is 36.0 Å². The van der Waals surface area contributed by atoms with Gasteiger partial charge in [0.25, 0.3) is 5.56 Å². The van der Waals surface area contributed by atoms with Crippen molar-refractivity contribution in [2.45, 2.75) is 20.0 Å². The molecule has 0 atom stereocenters. The average Bonchev–Trinajstić information content (AvgIpc) is 3.38. The summed E-state index contributed by atoms with van der Waals surface area (Å²) in [6, 6.07) is 15.8. The maximum absolute atomic E-state index is 13.9. The van der Waals surface area contributed by atoms with Gasteiger partial charge in [-0.25, -0.2) is 14.8 Å². The van der Waals surface area contributed by atoms with Crippen molar-refractivity contribution < 1.29 is 4.74 Å². The van der Waals surface area contributed by atoms with Crippen LogP contribution in [0.5, 0.6) is 5.88 Å². The third-order valence-electron chi connectivity index (χ3n) is 6.50. The summed E-state index contributed by atoms with van der Waals surface area (Å²) in [7, 11) is 3.09. The molecule has 0 aliphatic rings. The molecule has 198 valence electrons. The molecule has 0 saturated heterocycles. The molecule has 0 N–H and O–H groups in total. The Bertz CT molecular complexity index is 2010. The monoisotopic (exact) mass is 552 g/mol. The largest absolute Gasteiger partial charge is 0.481 e. The molecule has 5 aromatic rings. The van der Waals surface area contributed by atoms with Gasteiger partial charge in [-0.1, -0.05) is 17.7 Å². The van der Waals surface area contributed by atoms with Crippen LogP contribution in [-0.2, 0) is 20.1 Å². The number of aryl methyl sites for hydroxylation is 2. The van der Waals surface area contributed by atoms with E-state index in [2.05, 4.69) is 27.2 Å². The standard InChI is InChI=1S/C28H21ClN8O3/c1-16-4-5-17(11-30)8-19(16)13-36-23-10-21(20-9-18(12-31)6-7-22(20)29)26(40-3)33-25(23)27(38)37(28(36)39)14-24-32-15-35(2)34-24/h4-10,15H,13-14H2,1-3H3. The van der Waals surface area contributed by atoms with Crippen molar-refractivity contribution >= 4 is 22.6 Å². The number of halogens is 1. The lowest BCUT2D eigenvalue weighted by molar-refractivity contribution is 0.401. The van der Waals surface area contributed by atoms with Crippen LogP contribution in [0.15, 0.2) is 58.4 Å². The SMILES string of the molecule is COc1nc2c(=O)n(Cc3ncn(C)n3)c(=O)n(Cc3cc(C#N)ccc3C)c2cc1-c1cc(C#N)ccc1Cl. The smallest absolute Gasteiger partial charge is 0.332 e. The molecule has 12 heteroatoms. The van der Waals surface area contributed by atoms with E-state index in [-0.39, 0.29) is 35.8 Å². The first-order chi connectivity index (χ1) is 19.2. The minimum atomic E-state index is -0.645. The zero-order valence-electron chi connectivity index (χ0n) is 21.7. The van der Waals surface area contributed by atoms with Crippen molar-refractivity contribution in [1.29, 1.82) is 10.5 Å². The van der Waals surface area contributed by atoms with Gasteiger partial charge in [-0.3, -0.25) is 18.6 Å². The average molecular weight is 553 g/mol. The minimum Gasteiger partial charge on any atom is -0.481 e. The van der Waals surface area contributed by atoms with Crippen molar-refractivity contribution in [1.82, 2.24) is 28.9 Å². The molecule has 11 nitrogen and oxygen atoms in total. The molecule has 0 spiro atoms. The summed E-state index contributed by atoms with van der Waals surface area (Å²) < 4.78 is 9.46. The highest BCUT2D eigenvalue weighted by molar-refractivity contribution is 6.33. The fourth-order valence-electron chi connectivity index (χ4n) is 4.43. The van der Waals surface area contributed by atoms with Gasteiger partial charge in [-0.05, 0) is 54.4 Å². The Balaban J connectivity index is 1.84. The third kappa shape index (κ3) is 4.70. The second-order valence-corrected chi connectivity index (χ2v) is 9.47. The van der Waals surface area contributed by atoms with Crippen molar-refractivity contribution in [2.75, 3.05) is 7.11 Å². The summed E-state index contributed by atoms with van der Waals surface area (Å²) in [5.74, 6) is 0.371. The molecule has 0 aliphatic heterocycles. The van der Waals surface area contributed by atoms with Crippen LogP contribution in [0.25, 0.3) is 22.2 Å². The predicted molar refractivity (Wildman–Crippen MR) is 147 cm³/mol. The zero-order valence-corrected chi connectivity index (χ0v) is 22.5. The Morgan fingerprint density at radius 2 is 1.70 bits per heavy atom. The molecule has 0 bridgehead atoms. The number of pyridine rings is 1. The van der Waals surface area contributed by atoms with Gasteiger partial charge in [0.05, 0.1) is 49.0 Å². The Labute approximate surface area is 232 Å². The van der Waals surface area contributed by atoms with Crippen molar-refractivity contribution in [3.05, 3.63) is 103 Å². The fourth-order valence-corrected chi connectivity index (χ4v) is 4.65. The predicted octanol–water partition coefficient (Wildman–Crippen LogP) is 3.16. The molecule has 0 aliphatic carbocycles. The molecule has 40 heavy (non-hydrogen) atoms. The number of hydrogen-bond acceptors (Lipinski definition) is 8. The molecule has 2 aromatic carbocycles. The van der Waals surface area contributed by atoms with Gasteiger partial charge in [0.15, 0.2) is 11.3 Å². The van der Waals surface area contributed by atoms with Gasteiger partial charge in [0, 0.05) is 23.2 Å². The van der Waals surface area contributed by atoms with E-state index in [4.69, 9.17) is 16.3 Å². The normalized spacial score (nSPS) is 10.8. The van der Waals surface area contributed by atoms with Crippen LogP contribution >= 0.6 is 11.6 Å². The molecule has 3 aromatic heterocycles. The van der Waals surface area contributed by atoms with Crippen molar-refractivity contribution in [3.8, 4) is 29.1 Å². The quantitative estimate of drug-likeness (QED) is 0.312. The Morgan fingerprint density at radius 1 is 0.975 bits per heavy atom. The van der Waals surface area contributed by atoms with E-state index in [0.717, 1.165) is 10.1 Å². The molecule has 0 saturated carbocycles. The number of methoxy groups -OCH3 is 1. The first kappa shape index (κ1) is 26.4. The second-order valence-electron chi connectivity index (χ2n) is 9.07. The number of hydrogen-bond donors (Lipinski definition) is 0. The molecule has 0 unspecified atom stereocenters. The number of rotatable bonds is 6. The van der Waals surface area contributed by atoms with E-state index < -0.39 is 11.2 Å². The summed E-state index contributed by atoms with van der Waals surface area (Å²) in [4.78, 5) is 36.3. The molecular weight excluding hydrogens is 532 g/mol. The summed E-state index contributed by atoms with van der Waals surface area (Å²) >= 11 is 6.50. The van der Waals surface area contributed by atoms with Crippen LogP contribution in [0.4, 0.5) is 0 Å². The van der Waals surface area contributed by atoms with Crippen LogP contribution < -0.4 is 16.0 Å².